The van der Waals surface area contributed by atoms with Crippen LogP contribution in [0.3, 0.4) is 0 Å². The fourth-order valence-corrected chi connectivity index (χ4v) is 5.61. The molecule has 1 aromatic carbocycles. The molecule has 0 unspecified atom stereocenters. The van der Waals surface area contributed by atoms with Crippen molar-refractivity contribution in [2.24, 2.45) is 0 Å². The van der Waals surface area contributed by atoms with Crippen LogP contribution in [0.1, 0.15) is 75.8 Å². The van der Waals surface area contributed by atoms with Crippen molar-refractivity contribution in [3.63, 3.8) is 0 Å². The lowest BCUT2D eigenvalue weighted by Gasteiger charge is -2.44. The van der Waals surface area contributed by atoms with Crippen LogP contribution in [0.15, 0.2) is 54.6 Å². The molecule has 1 aliphatic heterocycles. The molecular weight excluding hydrogens is 580 g/mol. The third-order valence-electron chi connectivity index (χ3n) is 7.54. The third-order valence-corrected chi connectivity index (χ3v) is 7.54. The van der Waals surface area contributed by atoms with Crippen molar-refractivity contribution in [1.29, 1.82) is 0 Å². The lowest BCUT2D eigenvalue weighted by Crippen LogP contribution is -2.59. The Bertz CT molecular complexity index is 1480. The quantitative estimate of drug-likeness (QED) is 0.218. The molecule has 3 aliphatic rings. The largest absolute Gasteiger partial charge is 0.497 e. The fraction of sp³-hybridized carbons (Fsp3) is 0.429. The highest BCUT2D eigenvalue weighted by atomic mass is 16.7. The van der Waals surface area contributed by atoms with E-state index in [0.29, 0.717) is 23.7 Å². The van der Waals surface area contributed by atoms with E-state index >= 15 is 0 Å². The molecule has 5 atom stereocenters. The van der Waals surface area contributed by atoms with Crippen molar-refractivity contribution >= 4 is 23.9 Å². The zero-order chi connectivity index (χ0) is 32.8. The van der Waals surface area contributed by atoms with Crippen molar-refractivity contribution in [2.75, 3.05) is 13.7 Å². The van der Waals surface area contributed by atoms with E-state index in [4.69, 9.17) is 28.4 Å². The second-order valence-corrected chi connectivity index (χ2v) is 11.5. The lowest BCUT2D eigenvalue weighted by atomic mass is 9.89. The highest BCUT2D eigenvalue weighted by Crippen LogP contribution is 2.39. The van der Waals surface area contributed by atoms with Crippen LogP contribution in [0.25, 0.3) is 11.1 Å². The first-order valence-corrected chi connectivity index (χ1v) is 14.9. The molecule has 0 saturated carbocycles. The van der Waals surface area contributed by atoms with E-state index in [0.717, 1.165) is 22.3 Å². The first-order valence-electron chi connectivity index (χ1n) is 14.9. The standard InChI is InChI=1S/C35H40O10/c1-19(2)26-8-10-27-13-24(14-28(27)11-9-26)12-25-15-29(17-30(16-25)40-7)32-34(43-22(5)38)35(44-23(6)39)33(42-21(4)37)31(45-32)18-41-20(3)36/h8-11,13-17,19,31-35H,12,18H2,1-7H3/t31-,32+,33-,34+,35+/m1/s1. The smallest absolute Gasteiger partial charge is 0.303 e. The van der Waals surface area contributed by atoms with Crippen LogP contribution < -0.4 is 4.74 Å². The maximum Gasteiger partial charge on any atom is 0.303 e. The zero-order valence-electron chi connectivity index (χ0n) is 26.7. The predicted molar refractivity (Wildman–Crippen MR) is 164 cm³/mol. The molecule has 240 valence electrons. The Hall–Kier alpha value is -4.44. The van der Waals surface area contributed by atoms with Crippen LogP contribution in [0.5, 0.6) is 5.75 Å². The summed E-state index contributed by atoms with van der Waals surface area (Å²) in [5.74, 6) is -1.67. The van der Waals surface area contributed by atoms with E-state index < -0.39 is 54.4 Å². The number of hydrogen-bond donors (Lipinski definition) is 0. The molecular formula is C35H40O10. The van der Waals surface area contributed by atoms with Crippen molar-refractivity contribution in [3.8, 4) is 16.9 Å². The average Bonchev–Trinajstić information content (AvgIpc) is 3.22. The molecule has 10 nitrogen and oxygen atoms in total. The van der Waals surface area contributed by atoms with Crippen LogP contribution in [0.2, 0.25) is 0 Å². The molecule has 0 aromatic heterocycles. The van der Waals surface area contributed by atoms with Crippen molar-refractivity contribution in [1.82, 2.24) is 0 Å². The van der Waals surface area contributed by atoms with Gasteiger partial charge in [-0.25, -0.2) is 0 Å². The third kappa shape index (κ3) is 8.60. The highest BCUT2D eigenvalue weighted by molar-refractivity contribution is 5.70. The van der Waals surface area contributed by atoms with E-state index in [-0.39, 0.29) is 6.61 Å². The molecule has 1 fully saturated rings. The molecule has 1 aromatic rings. The van der Waals surface area contributed by atoms with E-state index in [2.05, 4.69) is 50.2 Å². The lowest BCUT2D eigenvalue weighted by molar-refractivity contribution is -0.254. The van der Waals surface area contributed by atoms with Gasteiger partial charge in [-0.2, -0.15) is 0 Å². The first-order chi connectivity index (χ1) is 21.3. The summed E-state index contributed by atoms with van der Waals surface area (Å²) in [5, 5.41) is 0. The van der Waals surface area contributed by atoms with Gasteiger partial charge in [0.25, 0.3) is 0 Å². The van der Waals surface area contributed by atoms with Crippen LogP contribution in [0, 0.1) is 0 Å². The topological polar surface area (TPSA) is 124 Å². The van der Waals surface area contributed by atoms with Crippen molar-refractivity contribution in [2.45, 2.75) is 84.4 Å². The summed E-state index contributed by atoms with van der Waals surface area (Å²) in [6.45, 7) is 8.85. The van der Waals surface area contributed by atoms with Crippen molar-refractivity contribution < 1.29 is 47.6 Å². The molecule has 10 heteroatoms. The summed E-state index contributed by atoms with van der Waals surface area (Å²) in [4.78, 5) is 48.4. The minimum absolute atomic E-state index is 0.304. The Morgan fingerprint density at radius 3 is 1.80 bits per heavy atom. The average molecular weight is 621 g/mol. The molecule has 0 radical (unpaired) electrons. The Balaban J connectivity index is 1.76. The van der Waals surface area contributed by atoms with E-state index in [9.17, 15) is 19.2 Å². The molecule has 0 spiro atoms. The number of rotatable bonds is 10. The number of fused-ring (bicyclic) bond motifs is 1. The van der Waals surface area contributed by atoms with Gasteiger partial charge in [-0.1, -0.05) is 56.3 Å². The van der Waals surface area contributed by atoms with Gasteiger partial charge in [-0.15, -0.1) is 0 Å². The number of benzene rings is 1. The Kier molecular flexibility index (Phi) is 10.8. The summed E-state index contributed by atoms with van der Waals surface area (Å²) < 4.78 is 34.0. The van der Waals surface area contributed by atoms with Gasteiger partial charge in [0, 0.05) is 27.7 Å². The van der Waals surface area contributed by atoms with E-state index in [1.165, 1.54) is 33.3 Å². The Labute approximate surface area is 263 Å². The minimum Gasteiger partial charge on any atom is -0.497 e. The summed E-state index contributed by atoms with van der Waals surface area (Å²) in [6, 6.07) is 18.4. The molecule has 2 aliphatic carbocycles. The van der Waals surface area contributed by atoms with Gasteiger partial charge in [0.2, 0.25) is 0 Å². The zero-order valence-corrected chi connectivity index (χ0v) is 26.7. The van der Waals surface area contributed by atoms with Crippen LogP contribution in [-0.4, -0.2) is 62.0 Å². The van der Waals surface area contributed by atoms with Gasteiger partial charge >= 0.3 is 23.9 Å². The molecule has 0 N–H and O–H groups in total. The van der Waals surface area contributed by atoms with Gasteiger partial charge in [-0.05, 0) is 57.9 Å². The van der Waals surface area contributed by atoms with Gasteiger partial charge < -0.3 is 28.4 Å². The number of methoxy groups -OCH3 is 1. The van der Waals surface area contributed by atoms with Crippen LogP contribution >= 0.6 is 0 Å². The van der Waals surface area contributed by atoms with Gasteiger partial charge in [0.1, 0.15) is 24.6 Å². The second kappa shape index (κ2) is 14.6. The van der Waals surface area contributed by atoms with Crippen molar-refractivity contribution in [3.05, 3.63) is 76.9 Å². The number of carbonyl (C=O) groups excluding carboxylic acids is 4. The number of ether oxygens (including phenoxy) is 6. The molecule has 4 rings (SSSR count). The van der Waals surface area contributed by atoms with E-state index in [1.807, 2.05) is 12.1 Å². The summed E-state index contributed by atoms with van der Waals surface area (Å²) >= 11 is 0. The molecule has 1 heterocycles. The maximum atomic E-state index is 12.3. The molecule has 1 saturated heterocycles. The number of esters is 4. The fourth-order valence-electron chi connectivity index (χ4n) is 5.61. The number of carbonyl (C=O) groups is 4. The molecule has 0 amide bonds. The van der Waals surface area contributed by atoms with Crippen LogP contribution in [-0.2, 0) is 49.3 Å². The Morgan fingerprint density at radius 1 is 0.711 bits per heavy atom. The van der Waals surface area contributed by atoms with Gasteiger partial charge in [0.15, 0.2) is 18.3 Å². The van der Waals surface area contributed by atoms with Gasteiger partial charge in [-0.3, -0.25) is 19.2 Å². The summed E-state index contributed by atoms with van der Waals surface area (Å²) in [6.07, 6.45) is -5.20. The Morgan fingerprint density at radius 2 is 1.27 bits per heavy atom. The summed E-state index contributed by atoms with van der Waals surface area (Å²) in [5.41, 5.74) is 6.04. The minimum atomic E-state index is -1.26. The molecule has 45 heavy (non-hydrogen) atoms. The first kappa shape index (κ1) is 33.5. The predicted octanol–water partition coefficient (Wildman–Crippen LogP) is 5.31. The van der Waals surface area contributed by atoms with Crippen LogP contribution in [0.4, 0.5) is 0 Å². The van der Waals surface area contributed by atoms with E-state index in [1.54, 1.807) is 13.2 Å². The second-order valence-electron chi connectivity index (χ2n) is 11.5. The SMILES string of the molecule is COc1cc(Cc2cc3ccc(C(C)C)ccc-3c2)cc([C@@H]2O[C@H](COC(C)=O)[C@@H](OC(C)=O)[C@H](OC(C)=O)[C@H]2OC(C)=O)c1. The maximum absolute atomic E-state index is 12.3. The normalized spacial score (nSPS) is 21.2. The highest BCUT2D eigenvalue weighted by Gasteiger charge is 2.52. The number of hydrogen-bond acceptors (Lipinski definition) is 10. The van der Waals surface area contributed by atoms with Gasteiger partial charge in [0.05, 0.1) is 7.11 Å². The molecule has 0 bridgehead atoms. The monoisotopic (exact) mass is 620 g/mol. The summed E-state index contributed by atoms with van der Waals surface area (Å²) in [7, 11) is 1.54.